The van der Waals surface area contributed by atoms with Crippen molar-refractivity contribution in [2.45, 2.75) is 6.92 Å². The minimum atomic E-state index is -0.439. The number of aromatic amines is 2. The Bertz CT molecular complexity index is 1490. The number of carbonyl (C=O) groups excluding carboxylic acids is 1. The molecule has 2 heterocycles. The molecule has 3 aromatic carbocycles. The van der Waals surface area contributed by atoms with Crippen molar-refractivity contribution >= 4 is 22.6 Å². The summed E-state index contributed by atoms with van der Waals surface area (Å²) in [7, 11) is 0. The highest BCUT2D eigenvalue weighted by Crippen LogP contribution is 2.23. The topological polar surface area (TPSA) is 95.6 Å². The fourth-order valence-electron chi connectivity index (χ4n) is 3.43. The minimum Gasteiger partial charge on any atom is -0.338 e. The van der Waals surface area contributed by atoms with E-state index in [4.69, 9.17) is 0 Å². The summed E-state index contributed by atoms with van der Waals surface area (Å²) >= 11 is 0. The van der Waals surface area contributed by atoms with Crippen LogP contribution in [0, 0.1) is 12.7 Å². The molecule has 0 radical (unpaired) electrons. The maximum atomic E-state index is 13.2. The van der Waals surface area contributed by atoms with Gasteiger partial charge in [-0.3, -0.25) is 14.7 Å². The van der Waals surface area contributed by atoms with Gasteiger partial charge in [-0.2, -0.15) is 0 Å². The van der Waals surface area contributed by atoms with Crippen LogP contribution in [-0.2, 0) is 0 Å². The van der Waals surface area contributed by atoms with Crippen LogP contribution in [0.4, 0.5) is 10.1 Å². The van der Waals surface area contributed by atoms with Crippen molar-refractivity contribution in [3.63, 3.8) is 0 Å². The Balaban J connectivity index is 1.39. The maximum Gasteiger partial charge on any atom is 0.273 e. The normalized spacial score (nSPS) is 11.1. The number of H-pyrrole nitrogens is 2. The van der Waals surface area contributed by atoms with Gasteiger partial charge in [0.25, 0.3) is 11.5 Å². The molecule has 0 saturated carbocycles. The van der Waals surface area contributed by atoms with Gasteiger partial charge in [0.15, 0.2) is 0 Å². The Morgan fingerprint density at radius 3 is 2.50 bits per heavy atom. The molecule has 3 N–H and O–H groups in total. The summed E-state index contributed by atoms with van der Waals surface area (Å²) < 4.78 is 14.5. The number of rotatable bonds is 4. The maximum absolute atomic E-state index is 13.2. The first-order chi connectivity index (χ1) is 15.5. The van der Waals surface area contributed by atoms with Crippen molar-refractivity contribution in [1.82, 2.24) is 19.7 Å². The summed E-state index contributed by atoms with van der Waals surface area (Å²) in [5.74, 6) is -0.155. The summed E-state index contributed by atoms with van der Waals surface area (Å²) in [4.78, 5) is 32.7. The van der Waals surface area contributed by atoms with Crippen molar-refractivity contribution in [2.24, 2.45) is 0 Å². The lowest BCUT2D eigenvalue weighted by atomic mass is 10.2. The molecule has 0 atom stereocenters. The van der Waals surface area contributed by atoms with Gasteiger partial charge in [-0.05, 0) is 61.5 Å². The van der Waals surface area contributed by atoms with Crippen molar-refractivity contribution in [3.05, 3.63) is 100 Å². The lowest BCUT2D eigenvalue weighted by Crippen LogP contribution is -2.14. The molecule has 32 heavy (non-hydrogen) atoms. The van der Waals surface area contributed by atoms with Crippen LogP contribution in [0.5, 0.6) is 0 Å². The Labute approximate surface area is 181 Å². The predicted molar refractivity (Wildman–Crippen MR) is 121 cm³/mol. The number of carbonyl (C=O) groups is 1. The number of aromatic nitrogens is 4. The molecular formula is C24H18FN5O2. The second kappa shape index (κ2) is 7.66. The fraction of sp³-hybridized carbons (Fsp3) is 0.0417. The van der Waals surface area contributed by atoms with E-state index >= 15 is 0 Å². The molecule has 0 unspecified atom stereocenters. The lowest BCUT2D eigenvalue weighted by molar-refractivity contribution is 0.102. The molecule has 7 nitrogen and oxygen atoms in total. The number of hydrogen-bond donors (Lipinski definition) is 3. The van der Waals surface area contributed by atoms with E-state index in [2.05, 4.69) is 20.4 Å². The van der Waals surface area contributed by atoms with Gasteiger partial charge in [0.2, 0.25) is 0 Å². The van der Waals surface area contributed by atoms with Crippen LogP contribution >= 0.6 is 0 Å². The van der Waals surface area contributed by atoms with Gasteiger partial charge < -0.3 is 10.3 Å². The van der Waals surface area contributed by atoms with E-state index in [1.165, 1.54) is 22.9 Å². The van der Waals surface area contributed by atoms with Crippen LogP contribution in [0.25, 0.3) is 28.1 Å². The zero-order chi connectivity index (χ0) is 22.2. The van der Waals surface area contributed by atoms with Crippen molar-refractivity contribution < 1.29 is 9.18 Å². The number of nitrogens with one attached hydrogen (secondary N) is 3. The zero-order valence-corrected chi connectivity index (χ0v) is 17.0. The van der Waals surface area contributed by atoms with Crippen molar-refractivity contribution in [1.29, 1.82) is 0 Å². The van der Waals surface area contributed by atoms with E-state index in [0.717, 1.165) is 11.1 Å². The number of halogens is 1. The summed E-state index contributed by atoms with van der Waals surface area (Å²) in [6.07, 6.45) is 0. The third kappa shape index (κ3) is 3.69. The Morgan fingerprint density at radius 1 is 1.00 bits per heavy atom. The molecule has 5 aromatic rings. The molecule has 0 bridgehead atoms. The summed E-state index contributed by atoms with van der Waals surface area (Å²) in [6, 6.07) is 19.9. The third-order valence-corrected chi connectivity index (χ3v) is 5.11. The Kier molecular flexibility index (Phi) is 4.67. The van der Waals surface area contributed by atoms with Crippen molar-refractivity contribution in [3.8, 4) is 17.1 Å². The number of amides is 1. The molecule has 0 saturated heterocycles. The second-order valence-corrected chi connectivity index (χ2v) is 7.46. The second-order valence-electron chi connectivity index (χ2n) is 7.46. The average molecular weight is 427 g/mol. The number of fused-ring (bicyclic) bond motifs is 1. The number of nitrogens with zero attached hydrogens (tertiary/aromatic N) is 2. The van der Waals surface area contributed by atoms with Crippen LogP contribution in [0.2, 0.25) is 0 Å². The predicted octanol–water partition coefficient (Wildman–Crippen LogP) is 4.41. The molecule has 0 aliphatic carbocycles. The van der Waals surface area contributed by atoms with Crippen LogP contribution in [0.15, 0.2) is 77.6 Å². The number of imidazole rings is 1. The van der Waals surface area contributed by atoms with Gasteiger partial charge in [-0.25, -0.2) is 14.1 Å². The van der Waals surface area contributed by atoms with Crippen LogP contribution in [0.1, 0.15) is 16.1 Å². The van der Waals surface area contributed by atoms with Crippen molar-refractivity contribution in [2.75, 3.05) is 5.32 Å². The largest absolute Gasteiger partial charge is 0.338 e. The quantitative estimate of drug-likeness (QED) is 0.396. The minimum absolute atomic E-state index is 0.146. The lowest BCUT2D eigenvalue weighted by Gasteiger charge is -2.04. The number of hydrogen-bond acceptors (Lipinski definition) is 3. The molecule has 0 fully saturated rings. The molecule has 0 aliphatic rings. The summed E-state index contributed by atoms with van der Waals surface area (Å²) in [6.45, 7) is 1.96. The van der Waals surface area contributed by atoms with E-state index in [0.29, 0.717) is 28.2 Å². The molecule has 2 aromatic heterocycles. The number of aryl methyl sites for hydroxylation is 1. The van der Waals surface area contributed by atoms with Gasteiger partial charge >= 0.3 is 0 Å². The third-order valence-electron chi connectivity index (χ3n) is 5.11. The average Bonchev–Trinajstić information content (AvgIpc) is 3.38. The monoisotopic (exact) mass is 427 g/mol. The van der Waals surface area contributed by atoms with E-state index in [1.54, 1.807) is 42.5 Å². The van der Waals surface area contributed by atoms with Gasteiger partial charge in [-0.1, -0.05) is 17.7 Å². The van der Waals surface area contributed by atoms with Crippen LogP contribution in [-0.4, -0.2) is 25.7 Å². The van der Waals surface area contributed by atoms with Gasteiger partial charge in [0.1, 0.15) is 17.3 Å². The van der Waals surface area contributed by atoms with Gasteiger partial charge in [0.05, 0.1) is 16.7 Å². The Hall–Kier alpha value is -4.46. The van der Waals surface area contributed by atoms with Crippen LogP contribution in [0.3, 0.4) is 0 Å². The standard InChI is InChI=1S/C24H18FN5O2/c1-14-2-9-18(10-3-14)30-22(31)13-21(29-30)24(32)26-17-8-11-19-20(12-17)28-23(27-19)15-4-6-16(25)7-5-15/h2-13,29H,1H3,(H,26,32)(H,27,28). The van der Waals surface area contributed by atoms with Crippen LogP contribution < -0.4 is 10.9 Å². The molecule has 5 rings (SSSR count). The molecule has 158 valence electrons. The first-order valence-electron chi connectivity index (χ1n) is 9.92. The molecule has 1 amide bonds. The molecule has 0 spiro atoms. The fourth-order valence-corrected chi connectivity index (χ4v) is 3.43. The highest BCUT2D eigenvalue weighted by molar-refractivity contribution is 6.03. The van der Waals surface area contributed by atoms with E-state index < -0.39 is 5.91 Å². The van der Waals surface area contributed by atoms with Gasteiger partial charge in [0, 0.05) is 17.3 Å². The smallest absolute Gasteiger partial charge is 0.273 e. The molecular weight excluding hydrogens is 409 g/mol. The number of benzene rings is 3. The first-order valence-corrected chi connectivity index (χ1v) is 9.92. The highest BCUT2D eigenvalue weighted by atomic mass is 19.1. The first kappa shape index (κ1) is 19.5. The molecule has 0 aliphatic heterocycles. The van der Waals surface area contributed by atoms with Gasteiger partial charge in [-0.15, -0.1) is 0 Å². The van der Waals surface area contributed by atoms with E-state index in [-0.39, 0.29) is 17.1 Å². The summed E-state index contributed by atoms with van der Waals surface area (Å²) in [5, 5.41) is 5.63. The molecule has 8 heteroatoms. The highest BCUT2D eigenvalue weighted by Gasteiger charge is 2.13. The van der Waals surface area contributed by atoms with E-state index in [1.807, 2.05) is 19.1 Å². The van der Waals surface area contributed by atoms with E-state index in [9.17, 15) is 14.0 Å². The zero-order valence-electron chi connectivity index (χ0n) is 17.0. The Morgan fingerprint density at radius 2 is 1.75 bits per heavy atom. The SMILES string of the molecule is Cc1ccc(-n2[nH]c(C(=O)Nc3ccc4nc(-c5ccc(F)cc5)[nH]c4c3)cc2=O)cc1. The summed E-state index contributed by atoms with van der Waals surface area (Å²) in [5.41, 5.74) is 4.26. The number of anilines is 1.